The maximum Gasteiger partial charge on any atom is 0.243 e. The summed E-state index contributed by atoms with van der Waals surface area (Å²) in [5.41, 5.74) is 8.73. The van der Waals surface area contributed by atoms with Gasteiger partial charge in [0.2, 0.25) is 10.0 Å². The summed E-state index contributed by atoms with van der Waals surface area (Å²) in [5.74, 6) is 0.969. The summed E-state index contributed by atoms with van der Waals surface area (Å²) in [6.45, 7) is 5.10. The van der Waals surface area contributed by atoms with Crippen LogP contribution in [0.15, 0.2) is 47.4 Å². The predicted octanol–water partition coefficient (Wildman–Crippen LogP) is 3.10. The third kappa shape index (κ3) is 4.14. The lowest BCUT2D eigenvalue weighted by Crippen LogP contribution is -2.30. The van der Waals surface area contributed by atoms with Gasteiger partial charge < -0.3 is 10.5 Å². The number of nitrogens with two attached hydrogens (primary N) is 1. The lowest BCUT2D eigenvalue weighted by atomic mass is 9.89. The number of halogens is 1. The Hall–Kier alpha value is -1.60. The zero-order valence-electron chi connectivity index (χ0n) is 15.9. The van der Waals surface area contributed by atoms with Crippen molar-refractivity contribution in [1.29, 1.82) is 0 Å². The minimum absolute atomic E-state index is 0. The van der Waals surface area contributed by atoms with E-state index in [1.165, 1.54) is 0 Å². The number of sulfonamides is 1. The van der Waals surface area contributed by atoms with Crippen molar-refractivity contribution in [3.63, 3.8) is 0 Å². The second-order valence-corrected chi connectivity index (χ2v) is 8.86. The van der Waals surface area contributed by atoms with Crippen molar-refractivity contribution in [2.75, 3.05) is 26.7 Å². The van der Waals surface area contributed by atoms with E-state index in [4.69, 9.17) is 10.5 Å². The fourth-order valence-electron chi connectivity index (χ4n) is 3.88. The summed E-state index contributed by atoms with van der Waals surface area (Å²) in [6, 6.07) is 13.4. The van der Waals surface area contributed by atoms with E-state index >= 15 is 0 Å². The van der Waals surface area contributed by atoms with Gasteiger partial charge in [-0.3, -0.25) is 0 Å². The van der Waals surface area contributed by atoms with Gasteiger partial charge in [0, 0.05) is 19.0 Å². The van der Waals surface area contributed by atoms with Crippen LogP contribution in [0.25, 0.3) is 0 Å². The Balaban J connectivity index is 0.00000261. The standard InChI is InChI=1S/C20H26N2O3S.ClH/c1-14-9-18(10-15(2)20(14)25-3)26(23,24)22-12-17(11-21)19(13-22)16-7-5-4-6-8-16;/h4-10,17,19H,11-13,21H2,1-3H3;1H/t17-,19+;/m1./s1. The van der Waals surface area contributed by atoms with Crippen LogP contribution in [-0.4, -0.2) is 39.5 Å². The number of hydrogen-bond acceptors (Lipinski definition) is 4. The maximum absolute atomic E-state index is 13.2. The van der Waals surface area contributed by atoms with Gasteiger partial charge in [-0.1, -0.05) is 30.3 Å². The van der Waals surface area contributed by atoms with Gasteiger partial charge in [0.25, 0.3) is 0 Å². The van der Waals surface area contributed by atoms with Crippen molar-refractivity contribution >= 4 is 22.4 Å². The predicted molar refractivity (Wildman–Crippen MR) is 110 cm³/mol. The van der Waals surface area contributed by atoms with Crippen molar-refractivity contribution in [2.45, 2.75) is 24.7 Å². The zero-order valence-corrected chi connectivity index (χ0v) is 17.5. The SMILES string of the molecule is COc1c(C)cc(S(=O)(=O)N2C[C@@H](CN)[C@H](c3ccccc3)C2)cc1C.Cl. The molecule has 0 aromatic heterocycles. The van der Waals surface area contributed by atoms with Gasteiger partial charge in [-0.05, 0) is 55.1 Å². The summed E-state index contributed by atoms with van der Waals surface area (Å²) in [7, 11) is -1.97. The van der Waals surface area contributed by atoms with Gasteiger partial charge in [-0.2, -0.15) is 4.31 Å². The van der Waals surface area contributed by atoms with Crippen molar-refractivity contribution in [3.8, 4) is 5.75 Å². The first-order valence-electron chi connectivity index (χ1n) is 8.79. The molecule has 2 aromatic carbocycles. The molecule has 2 aromatic rings. The highest BCUT2D eigenvalue weighted by Gasteiger charge is 2.39. The summed E-state index contributed by atoms with van der Waals surface area (Å²) in [6.07, 6.45) is 0. The molecule has 148 valence electrons. The summed E-state index contributed by atoms with van der Waals surface area (Å²) >= 11 is 0. The molecule has 27 heavy (non-hydrogen) atoms. The first-order valence-corrected chi connectivity index (χ1v) is 10.2. The molecule has 0 radical (unpaired) electrons. The van der Waals surface area contributed by atoms with Crippen LogP contribution in [0.2, 0.25) is 0 Å². The minimum atomic E-state index is -3.57. The molecule has 1 aliphatic heterocycles. The van der Waals surface area contributed by atoms with E-state index in [0.29, 0.717) is 24.5 Å². The molecule has 0 amide bonds. The van der Waals surface area contributed by atoms with Gasteiger partial charge in [0.05, 0.1) is 12.0 Å². The lowest BCUT2D eigenvalue weighted by Gasteiger charge is -2.18. The van der Waals surface area contributed by atoms with Crippen LogP contribution >= 0.6 is 12.4 Å². The molecule has 0 aliphatic carbocycles. The number of rotatable bonds is 5. The smallest absolute Gasteiger partial charge is 0.243 e. The van der Waals surface area contributed by atoms with Gasteiger partial charge >= 0.3 is 0 Å². The molecule has 1 aliphatic rings. The molecule has 0 spiro atoms. The zero-order chi connectivity index (χ0) is 18.9. The first-order chi connectivity index (χ1) is 12.4. The molecule has 1 heterocycles. The third-order valence-electron chi connectivity index (χ3n) is 5.21. The molecule has 0 bridgehead atoms. The van der Waals surface area contributed by atoms with E-state index in [1.807, 2.05) is 44.2 Å². The number of methoxy groups -OCH3 is 1. The number of ether oxygens (including phenoxy) is 1. The van der Waals surface area contributed by atoms with Crippen LogP contribution in [0.3, 0.4) is 0 Å². The lowest BCUT2D eigenvalue weighted by molar-refractivity contribution is 0.408. The van der Waals surface area contributed by atoms with E-state index in [9.17, 15) is 8.42 Å². The highest BCUT2D eigenvalue weighted by Crippen LogP contribution is 2.36. The van der Waals surface area contributed by atoms with Crippen LogP contribution in [0.4, 0.5) is 0 Å². The quantitative estimate of drug-likeness (QED) is 0.822. The van der Waals surface area contributed by atoms with Crippen molar-refractivity contribution < 1.29 is 13.2 Å². The van der Waals surface area contributed by atoms with Crippen LogP contribution in [0.5, 0.6) is 5.75 Å². The molecule has 3 rings (SSSR count). The largest absolute Gasteiger partial charge is 0.496 e. The van der Waals surface area contributed by atoms with Gasteiger partial charge in [0.1, 0.15) is 5.75 Å². The maximum atomic E-state index is 13.2. The molecule has 1 saturated heterocycles. The first kappa shape index (κ1) is 21.7. The van der Waals surface area contributed by atoms with Gasteiger partial charge in [-0.15, -0.1) is 12.4 Å². The minimum Gasteiger partial charge on any atom is -0.496 e. The molecular weight excluding hydrogens is 384 g/mol. The van der Waals surface area contributed by atoms with E-state index in [-0.39, 0.29) is 24.2 Å². The summed E-state index contributed by atoms with van der Waals surface area (Å²) in [4.78, 5) is 0.317. The summed E-state index contributed by atoms with van der Waals surface area (Å²) in [5, 5.41) is 0. The van der Waals surface area contributed by atoms with Gasteiger partial charge in [-0.25, -0.2) is 8.42 Å². The van der Waals surface area contributed by atoms with Crippen LogP contribution in [0.1, 0.15) is 22.6 Å². The normalized spacial score (nSPS) is 20.3. The van der Waals surface area contributed by atoms with Crippen molar-refractivity contribution in [1.82, 2.24) is 4.31 Å². The Kier molecular flexibility index (Phi) is 6.92. The number of benzene rings is 2. The van der Waals surface area contributed by atoms with E-state index in [2.05, 4.69) is 0 Å². The Morgan fingerprint density at radius 3 is 2.22 bits per heavy atom. The van der Waals surface area contributed by atoms with E-state index < -0.39 is 10.0 Å². The fourth-order valence-corrected chi connectivity index (χ4v) is 5.57. The van der Waals surface area contributed by atoms with Gasteiger partial charge in [0.15, 0.2) is 0 Å². The fraction of sp³-hybridized carbons (Fsp3) is 0.400. The van der Waals surface area contributed by atoms with Crippen LogP contribution in [0, 0.1) is 19.8 Å². The van der Waals surface area contributed by atoms with Crippen molar-refractivity contribution in [2.24, 2.45) is 11.7 Å². The molecule has 0 unspecified atom stereocenters. The van der Waals surface area contributed by atoms with Crippen LogP contribution in [-0.2, 0) is 10.0 Å². The molecule has 7 heteroatoms. The Bertz CT molecular complexity index is 864. The number of nitrogens with zero attached hydrogens (tertiary/aromatic N) is 1. The third-order valence-corrected chi connectivity index (χ3v) is 7.02. The number of hydrogen-bond donors (Lipinski definition) is 1. The monoisotopic (exact) mass is 410 g/mol. The Labute approximate surface area is 168 Å². The Morgan fingerprint density at radius 2 is 1.70 bits per heavy atom. The molecule has 2 N–H and O–H groups in total. The van der Waals surface area contributed by atoms with E-state index in [1.54, 1.807) is 23.5 Å². The molecular formula is C20H27ClN2O3S. The molecule has 0 saturated carbocycles. The average Bonchev–Trinajstić information content (AvgIpc) is 3.07. The average molecular weight is 411 g/mol. The molecule has 1 fully saturated rings. The molecule has 2 atom stereocenters. The van der Waals surface area contributed by atoms with E-state index in [0.717, 1.165) is 22.4 Å². The van der Waals surface area contributed by atoms with Crippen LogP contribution < -0.4 is 10.5 Å². The Morgan fingerprint density at radius 1 is 1.11 bits per heavy atom. The highest BCUT2D eigenvalue weighted by atomic mass is 35.5. The summed E-state index contributed by atoms with van der Waals surface area (Å²) < 4.78 is 33.4. The highest BCUT2D eigenvalue weighted by molar-refractivity contribution is 7.89. The second-order valence-electron chi connectivity index (χ2n) is 6.93. The number of aryl methyl sites for hydroxylation is 2. The molecule has 5 nitrogen and oxygen atoms in total. The topological polar surface area (TPSA) is 72.6 Å². The second kappa shape index (κ2) is 8.61. The van der Waals surface area contributed by atoms with Crippen molar-refractivity contribution in [3.05, 3.63) is 59.2 Å².